The predicted molar refractivity (Wildman–Crippen MR) is 121 cm³/mol. The summed E-state index contributed by atoms with van der Waals surface area (Å²) in [6, 6.07) is 8.66. The van der Waals surface area contributed by atoms with Gasteiger partial charge in [0.2, 0.25) is 0 Å². The first-order chi connectivity index (χ1) is 14.9. The number of carbonyl (C=O) groups excluding carboxylic acids is 1. The quantitative estimate of drug-likeness (QED) is 0.512. The van der Waals surface area contributed by atoms with Gasteiger partial charge in [0.05, 0.1) is 11.7 Å². The van der Waals surface area contributed by atoms with Gasteiger partial charge in [-0.2, -0.15) is 5.10 Å². The van der Waals surface area contributed by atoms with Crippen LogP contribution in [0, 0.1) is 6.92 Å². The topological polar surface area (TPSA) is 103 Å². The van der Waals surface area contributed by atoms with Gasteiger partial charge in [-0.05, 0) is 44.2 Å². The Morgan fingerprint density at radius 3 is 2.74 bits per heavy atom. The average Bonchev–Trinajstić information content (AvgIpc) is 3.11. The van der Waals surface area contributed by atoms with E-state index in [2.05, 4.69) is 20.1 Å². The number of aryl methyl sites for hydroxylation is 1. The first kappa shape index (κ1) is 20.7. The minimum Gasteiger partial charge on any atom is -0.384 e. The molecule has 0 saturated heterocycles. The summed E-state index contributed by atoms with van der Waals surface area (Å²) in [7, 11) is 1.74. The van der Waals surface area contributed by atoms with Crippen molar-refractivity contribution >= 4 is 34.2 Å². The molecule has 9 heteroatoms. The second kappa shape index (κ2) is 8.31. The Kier molecular flexibility index (Phi) is 5.56. The lowest BCUT2D eigenvalue weighted by atomic mass is 10.1. The zero-order valence-electron chi connectivity index (χ0n) is 17.5. The van der Waals surface area contributed by atoms with Crippen LogP contribution in [0.15, 0.2) is 42.7 Å². The Labute approximate surface area is 184 Å². The molecule has 0 radical (unpaired) electrons. The Hall–Kier alpha value is -3.52. The fourth-order valence-corrected chi connectivity index (χ4v) is 3.62. The van der Waals surface area contributed by atoms with E-state index in [1.165, 1.54) is 0 Å². The van der Waals surface area contributed by atoms with Gasteiger partial charge in [-0.3, -0.25) is 9.48 Å². The van der Waals surface area contributed by atoms with Gasteiger partial charge in [0.1, 0.15) is 11.5 Å². The van der Waals surface area contributed by atoms with E-state index in [1.807, 2.05) is 18.5 Å². The Morgan fingerprint density at radius 2 is 2.03 bits per heavy atom. The van der Waals surface area contributed by atoms with Crippen molar-refractivity contribution in [2.75, 3.05) is 12.8 Å². The van der Waals surface area contributed by atoms with Gasteiger partial charge in [0.15, 0.2) is 5.82 Å². The maximum atomic E-state index is 13.4. The van der Waals surface area contributed by atoms with Gasteiger partial charge >= 0.3 is 0 Å². The lowest BCUT2D eigenvalue weighted by Crippen LogP contribution is -2.27. The molecule has 158 valence electrons. The van der Waals surface area contributed by atoms with Crippen LogP contribution < -0.4 is 5.73 Å². The summed E-state index contributed by atoms with van der Waals surface area (Å²) in [6.45, 7) is 5.21. The molecule has 0 aliphatic rings. The maximum Gasteiger partial charge on any atom is 0.273 e. The molecule has 4 aromatic rings. The van der Waals surface area contributed by atoms with Gasteiger partial charge in [0.25, 0.3) is 5.91 Å². The Bertz CT molecular complexity index is 1280. The fourth-order valence-electron chi connectivity index (χ4n) is 3.45. The van der Waals surface area contributed by atoms with Crippen LogP contribution >= 0.6 is 11.6 Å². The summed E-state index contributed by atoms with van der Waals surface area (Å²) in [4.78, 5) is 28.3. The molecule has 0 saturated carbocycles. The van der Waals surface area contributed by atoms with Crippen molar-refractivity contribution in [3.05, 3.63) is 64.7 Å². The summed E-state index contributed by atoms with van der Waals surface area (Å²) in [5, 5.41) is 5.46. The summed E-state index contributed by atoms with van der Waals surface area (Å²) in [6.07, 6.45) is 3.38. The Balaban J connectivity index is 1.77. The number of amides is 1. The number of nitrogens with two attached hydrogens (primary N) is 1. The minimum atomic E-state index is -0.235. The standard InChI is InChI=1S/C22H22ClN7O/c1-4-30-13(2)15(11-26-30)12-29(3)22(31)20-17-10-16(23)5-6-18(17)27-21(28-20)14-7-8-25-19(24)9-14/h5-11H,4,12H2,1-3H3,(H2,24,25). The molecular weight excluding hydrogens is 414 g/mol. The molecule has 8 nitrogen and oxygen atoms in total. The number of hydrogen-bond acceptors (Lipinski definition) is 6. The SMILES string of the molecule is CCn1ncc(CN(C)C(=O)c2nc(-c3ccnc(N)c3)nc3ccc(Cl)cc23)c1C. The van der Waals surface area contributed by atoms with Crippen LogP contribution in [0.1, 0.15) is 28.7 Å². The van der Waals surface area contributed by atoms with E-state index >= 15 is 0 Å². The first-order valence-corrected chi connectivity index (χ1v) is 10.2. The highest BCUT2D eigenvalue weighted by molar-refractivity contribution is 6.31. The molecule has 0 fully saturated rings. The summed E-state index contributed by atoms with van der Waals surface area (Å²) >= 11 is 6.21. The molecule has 3 aromatic heterocycles. The molecule has 1 amide bonds. The smallest absolute Gasteiger partial charge is 0.273 e. The van der Waals surface area contributed by atoms with E-state index in [1.54, 1.807) is 54.7 Å². The van der Waals surface area contributed by atoms with E-state index in [0.717, 1.165) is 17.8 Å². The van der Waals surface area contributed by atoms with Crippen molar-refractivity contribution in [2.24, 2.45) is 0 Å². The number of fused-ring (bicyclic) bond motifs is 1. The molecule has 2 N–H and O–H groups in total. The molecular formula is C22H22ClN7O. The van der Waals surface area contributed by atoms with Crippen molar-refractivity contribution in [3.63, 3.8) is 0 Å². The molecule has 4 rings (SSSR count). The predicted octanol–water partition coefficient (Wildman–Crippen LogP) is 3.72. The third kappa shape index (κ3) is 4.06. The number of nitrogens with zero attached hydrogens (tertiary/aromatic N) is 6. The van der Waals surface area contributed by atoms with Crippen LogP contribution in [0.2, 0.25) is 5.02 Å². The molecule has 0 spiro atoms. The van der Waals surface area contributed by atoms with Gasteiger partial charge in [-0.1, -0.05) is 11.6 Å². The lowest BCUT2D eigenvalue weighted by molar-refractivity contribution is 0.0781. The van der Waals surface area contributed by atoms with Crippen LogP contribution in [0.25, 0.3) is 22.3 Å². The fraction of sp³-hybridized carbons (Fsp3) is 0.227. The van der Waals surface area contributed by atoms with Crippen molar-refractivity contribution in [3.8, 4) is 11.4 Å². The summed E-state index contributed by atoms with van der Waals surface area (Å²) < 4.78 is 1.90. The summed E-state index contributed by atoms with van der Waals surface area (Å²) in [5.74, 6) is 0.517. The number of benzene rings is 1. The molecule has 3 heterocycles. The monoisotopic (exact) mass is 435 g/mol. The molecule has 0 unspecified atom stereocenters. The highest BCUT2D eigenvalue weighted by atomic mass is 35.5. The number of pyridine rings is 1. The molecule has 0 aliphatic heterocycles. The summed E-state index contributed by atoms with van der Waals surface area (Å²) in [5.41, 5.74) is 9.42. The van der Waals surface area contributed by atoms with Gasteiger partial charge < -0.3 is 10.6 Å². The molecule has 0 aliphatic carbocycles. The second-order valence-electron chi connectivity index (χ2n) is 7.26. The number of halogens is 1. The number of rotatable bonds is 5. The van der Waals surface area contributed by atoms with E-state index in [-0.39, 0.29) is 11.6 Å². The molecule has 0 bridgehead atoms. The molecule has 31 heavy (non-hydrogen) atoms. The highest BCUT2D eigenvalue weighted by Crippen LogP contribution is 2.26. The highest BCUT2D eigenvalue weighted by Gasteiger charge is 2.21. The van der Waals surface area contributed by atoms with Gasteiger partial charge in [0, 0.05) is 53.6 Å². The van der Waals surface area contributed by atoms with E-state index in [4.69, 9.17) is 17.3 Å². The van der Waals surface area contributed by atoms with Crippen molar-refractivity contribution in [1.82, 2.24) is 29.6 Å². The number of anilines is 1. The number of hydrogen-bond donors (Lipinski definition) is 1. The van der Waals surface area contributed by atoms with Crippen molar-refractivity contribution < 1.29 is 4.79 Å². The normalized spacial score (nSPS) is 11.1. The third-order valence-corrected chi connectivity index (χ3v) is 5.39. The lowest BCUT2D eigenvalue weighted by Gasteiger charge is -2.18. The van der Waals surface area contributed by atoms with Crippen LogP contribution in [0.5, 0.6) is 0 Å². The van der Waals surface area contributed by atoms with E-state index < -0.39 is 0 Å². The van der Waals surface area contributed by atoms with Crippen LogP contribution in [-0.2, 0) is 13.1 Å². The number of nitrogen functional groups attached to an aromatic ring is 1. The maximum absolute atomic E-state index is 13.4. The van der Waals surface area contributed by atoms with Crippen LogP contribution in [0.3, 0.4) is 0 Å². The zero-order valence-corrected chi connectivity index (χ0v) is 18.3. The van der Waals surface area contributed by atoms with E-state index in [9.17, 15) is 4.79 Å². The van der Waals surface area contributed by atoms with Crippen LogP contribution in [0.4, 0.5) is 5.82 Å². The first-order valence-electron chi connectivity index (χ1n) is 9.83. The third-order valence-electron chi connectivity index (χ3n) is 5.16. The van der Waals surface area contributed by atoms with Crippen molar-refractivity contribution in [2.45, 2.75) is 26.9 Å². The number of carbonyl (C=O) groups is 1. The minimum absolute atomic E-state index is 0.235. The molecule has 1 aromatic carbocycles. The number of aromatic nitrogens is 5. The second-order valence-corrected chi connectivity index (χ2v) is 7.70. The largest absolute Gasteiger partial charge is 0.384 e. The zero-order chi connectivity index (χ0) is 22.1. The van der Waals surface area contributed by atoms with Crippen LogP contribution in [-0.4, -0.2) is 42.6 Å². The molecule has 0 atom stereocenters. The van der Waals surface area contributed by atoms with Crippen molar-refractivity contribution in [1.29, 1.82) is 0 Å². The Morgan fingerprint density at radius 1 is 1.23 bits per heavy atom. The van der Waals surface area contributed by atoms with E-state index in [0.29, 0.717) is 39.7 Å². The average molecular weight is 436 g/mol. The van der Waals surface area contributed by atoms with Gasteiger partial charge in [-0.15, -0.1) is 0 Å². The van der Waals surface area contributed by atoms with Gasteiger partial charge in [-0.25, -0.2) is 15.0 Å².